The van der Waals surface area contributed by atoms with Gasteiger partial charge in [-0.05, 0) is 44.5 Å². The van der Waals surface area contributed by atoms with E-state index < -0.39 is 6.29 Å². The molecule has 0 radical (unpaired) electrons. The van der Waals surface area contributed by atoms with Gasteiger partial charge in [0.05, 0.1) is 0 Å². The third kappa shape index (κ3) is 2.92. The zero-order valence-electron chi connectivity index (χ0n) is 10.2. The van der Waals surface area contributed by atoms with Crippen LogP contribution >= 0.6 is 11.6 Å². The zero-order chi connectivity index (χ0) is 12.4. The molecule has 1 heterocycles. The van der Waals surface area contributed by atoms with Gasteiger partial charge in [-0.3, -0.25) is 0 Å². The lowest BCUT2D eigenvalue weighted by Gasteiger charge is -2.16. The largest absolute Gasteiger partial charge is 0.465 e. The van der Waals surface area contributed by atoms with E-state index in [1.807, 2.05) is 12.1 Å². The summed E-state index contributed by atoms with van der Waals surface area (Å²) in [5.41, 5.74) is 2.30. The van der Waals surface area contributed by atoms with E-state index in [-0.39, 0.29) is 0 Å². The summed E-state index contributed by atoms with van der Waals surface area (Å²) < 4.78 is 5.44. The van der Waals surface area contributed by atoms with Gasteiger partial charge in [0.15, 0.2) is 6.29 Å². The highest BCUT2D eigenvalue weighted by atomic mass is 35.5. The topological polar surface area (TPSA) is 32.7 Å². The Hall–Kier alpha value is -0.770. The van der Waals surface area contributed by atoms with Gasteiger partial charge in [0.25, 0.3) is 0 Å². The molecule has 94 valence electrons. The van der Waals surface area contributed by atoms with Gasteiger partial charge in [0.2, 0.25) is 0 Å². The number of rotatable bonds is 2. The number of aliphatic hydroxyl groups is 1. The molecule has 0 aliphatic carbocycles. The van der Waals surface area contributed by atoms with Gasteiger partial charge in [-0.15, -0.1) is 0 Å². The van der Waals surface area contributed by atoms with Crippen molar-refractivity contribution < 1.29 is 9.84 Å². The third-order valence-corrected chi connectivity index (χ3v) is 3.47. The van der Waals surface area contributed by atoms with Crippen molar-refractivity contribution in [2.75, 3.05) is 20.1 Å². The summed E-state index contributed by atoms with van der Waals surface area (Å²) in [5, 5.41) is 10.1. The number of halogens is 1. The van der Waals surface area contributed by atoms with E-state index in [1.165, 1.54) is 0 Å². The lowest BCUT2D eigenvalue weighted by Crippen LogP contribution is -2.20. The fraction of sp³-hybridized carbons (Fsp3) is 0.538. The van der Waals surface area contributed by atoms with E-state index in [9.17, 15) is 5.11 Å². The first-order chi connectivity index (χ1) is 8.08. The summed E-state index contributed by atoms with van der Waals surface area (Å²) in [6, 6.07) is 3.70. The number of likely N-dealkylation sites (N-methyl/N-ethyl adjacent to an activating group) is 1. The van der Waals surface area contributed by atoms with Gasteiger partial charge in [-0.2, -0.15) is 0 Å². The van der Waals surface area contributed by atoms with Crippen molar-refractivity contribution in [2.24, 2.45) is 0 Å². The maximum atomic E-state index is 9.33. The Morgan fingerprint density at radius 2 is 1.94 bits per heavy atom. The maximum Gasteiger partial charge on any atom is 0.194 e. The third-order valence-electron chi connectivity index (χ3n) is 3.12. The van der Waals surface area contributed by atoms with E-state index in [0.717, 1.165) is 47.8 Å². The first-order valence-corrected chi connectivity index (χ1v) is 6.29. The molecule has 0 amide bonds. The van der Waals surface area contributed by atoms with Crippen LogP contribution in [0.2, 0.25) is 5.02 Å². The maximum absolute atomic E-state index is 9.33. The number of hydrogen-bond donors (Lipinski definition) is 1. The molecule has 0 saturated carbocycles. The number of ether oxygens (including phenoxy) is 1. The molecule has 1 atom stereocenters. The molecule has 0 spiro atoms. The number of nitrogens with zero attached hydrogens (tertiary/aromatic N) is 1. The van der Waals surface area contributed by atoms with Crippen molar-refractivity contribution in [3.05, 3.63) is 28.3 Å². The van der Waals surface area contributed by atoms with Crippen molar-refractivity contribution in [1.82, 2.24) is 4.90 Å². The van der Waals surface area contributed by atoms with Gasteiger partial charge >= 0.3 is 0 Å². The minimum Gasteiger partial charge on any atom is -0.465 e. The molecule has 1 aliphatic heterocycles. The Bertz CT molecular complexity index is 407. The molecular formula is C13H18ClNO2. The number of benzene rings is 1. The fourth-order valence-electron chi connectivity index (χ4n) is 2.20. The van der Waals surface area contributed by atoms with Gasteiger partial charge < -0.3 is 14.7 Å². The summed E-state index contributed by atoms with van der Waals surface area (Å²) in [7, 11) is 2.11. The number of fused-ring (bicyclic) bond motifs is 1. The molecule has 0 saturated heterocycles. The predicted octanol–water partition coefficient (Wildman–Crippen LogP) is 2.09. The molecule has 0 aromatic heterocycles. The summed E-state index contributed by atoms with van der Waals surface area (Å²) in [4.78, 5) is 2.28. The highest BCUT2D eigenvalue weighted by Gasteiger charge is 2.18. The van der Waals surface area contributed by atoms with Gasteiger partial charge in [-0.1, -0.05) is 11.6 Å². The molecule has 0 bridgehead atoms. The second kappa shape index (κ2) is 5.25. The monoisotopic (exact) mass is 255 g/mol. The van der Waals surface area contributed by atoms with Gasteiger partial charge in [0.1, 0.15) is 5.75 Å². The Kier molecular flexibility index (Phi) is 3.92. The average Bonchev–Trinajstić information content (AvgIpc) is 2.45. The normalized spacial score (nSPS) is 18.4. The SMILES string of the molecule is CC(O)Oc1ccc(Cl)c2c1CCN(C)CC2. The summed E-state index contributed by atoms with van der Waals surface area (Å²) >= 11 is 6.23. The van der Waals surface area contributed by atoms with Crippen LogP contribution in [-0.2, 0) is 12.8 Å². The van der Waals surface area contributed by atoms with Crippen LogP contribution in [-0.4, -0.2) is 36.4 Å². The molecule has 17 heavy (non-hydrogen) atoms. The summed E-state index contributed by atoms with van der Waals surface area (Å²) in [5.74, 6) is 0.759. The van der Waals surface area contributed by atoms with E-state index in [2.05, 4.69) is 11.9 Å². The minimum atomic E-state index is -0.791. The van der Waals surface area contributed by atoms with Crippen LogP contribution in [0.4, 0.5) is 0 Å². The van der Waals surface area contributed by atoms with Crippen LogP contribution in [0.3, 0.4) is 0 Å². The van der Waals surface area contributed by atoms with E-state index >= 15 is 0 Å². The second-order valence-corrected chi connectivity index (χ2v) is 4.93. The van der Waals surface area contributed by atoms with Crippen LogP contribution in [0, 0.1) is 0 Å². The van der Waals surface area contributed by atoms with E-state index in [0.29, 0.717) is 0 Å². The van der Waals surface area contributed by atoms with E-state index in [4.69, 9.17) is 16.3 Å². The smallest absolute Gasteiger partial charge is 0.194 e. The van der Waals surface area contributed by atoms with Crippen molar-refractivity contribution in [3.8, 4) is 5.75 Å². The number of aliphatic hydroxyl groups excluding tert-OH is 1. The highest BCUT2D eigenvalue weighted by Crippen LogP contribution is 2.31. The van der Waals surface area contributed by atoms with Crippen molar-refractivity contribution in [3.63, 3.8) is 0 Å². The molecular weight excluding hydrogens is 238 g/mol. The Morgan fingerprint density at radius 3 is 2.59 bits per heavy atom. The minimum absolute atomic E-state index is 0.759. The zero-order valence-corrected chi connectivity index (χ0v) is 11.0. The van der Waals surface area contributed by atoms with Crippen molar-refractivity contribution in [1.29, 1.82) is 0 Å². The van der Waals surface area contributed by atoms with Crippen molar-refractivity contribution >= 4 is 11.6 Å². The fourth-order valence-corrected chi connectivity index (χ4v) is 2.47. The quantitative estimate of drug-likeness (QED) is 0.822. The van der Waals surface area contributed by atoms with Crippen LogP contribution in [0.15, 0.2) is 12.1 Å². The standard InChI is InChI=1S/C13H18ClNO2/c1-9(16)17-13-4-3-12(14)10-5-7-15(2)8-6-11(10)13/h3-4,9,16H,5-8H2,1-2H3. The van der Waals surface area contributed by atoms with Crippen molar-refractivity contribution in [2.45, 2.75) is 26.1 Å². The van der Waals surface area contributed by atoms with Gasteiger partial charge in [0, 0.05) is 23.7 Å². The molecule has 4 heteroatoms. The predicted molar refractivity (Wildman–Crippen MR) is 68.7 cm³/mol. The lowest BCUT2D eigenvalue weighted by molar-refractivity contribution is -0.00104. The molecule has 3 nitrogen and oxygen atoms in total. The first-order valence-electron chi connectivity index (χ1n) is 5.91. The molecule has 1 aromatic carbocycles. The number of hydrogen-bond acceptors (Lipinski definition) is 3. The first kappa shape index (κ1) is 12.7. The molecule has 1 aromatic rings. The lowest BCUT2D eigenvalue weighted by atomic mass is 10.0. The van der Waals surface area contributed by atoms with Crippen LogP contribution < -0.4 is 4.74 Å². The van der Waals surface area contributed by atoms with E-state index in [1.54, 1.807) is 6.92 Å². The summed E-state index contributed by atoms with van der Waals surface area (Å²) in [6.45, 7) is 3.61. The highest BCUT2D eigenvalue weighted by molar-refractivity contribution is 6.31. The molecule has 1 unspecified atom stereocenters. The molecule has 1 N–H and O–H groups in total. The van der Waals surface area contributed by atoms with Crippen LogP contribution in [0.5, 0.6) is 5.75 Å². The molecule has 0 fully saturated rings. The Morgan fingerprint density at radius 1 is 1.29 bits per heavy atom. The van der Waals surface area contributed by atoms with Crippen LogP contribution in [0.1, 0.15) is 18.1 Å². The second-order valence-electron chi connectivity index (χ2n) is 4.52. The Balaban J connectivity index is 2.37. The average molecular weight is 256 g/mol. The Labute approximate surface area is 107 Å². The summed E-state index contributed by atoms with van der Waals surface area (Å²) in [6.07, 6.45) is 1.05. The van der Waals surface area contributed by atoms with Crippen LogP contribution in [0.25, 0.3) is 0 Å². The molecule has 2 rings (SSSR count). The molecule has 1 aliphatic rings. The van der Waals surface area contributed by atoms with Gasteiger partial charge in [-0.25, -0.2) is 0 Å².